The number of piperidine rings is 1. The largest absolute Gasteiger partial charge is 0.380 e. The number of rotatable bonds is 7. The van der Waals surface area contributed by atoms with Gasteiger partial charge in [-0.2, -0.15) is 0 Å². The van der Waals surface area contributed by atoms with Gasteiger partial charge in [0.15, 0.2) is 0 Å². The minimum absolute atomic E-state index is 0.387. The molecule has 2 rings (SSSR count). The molecule has 0 aliphatic carbocycles. The number of ether oxygens (including phenoxy) is 1. The van der Waals surface area contributed by atoms with E-state index < -0.39 is 0 Å². The fourth-order valence-electron chi connectivity index (χ4n) is 2.74. The summed E-state index contributed by atoms with van der Waals surface area (Å²) in [5, 5.41) is 3.45. The first-order valence-corrected chi connectivity index (χ1v) is 8.07. The van der Waals surface area contributed by atoms with Gasteiger partial charge in [-0.3, -0.25) is 9.88 Å². The van der Waals surface area contributed by atoms with E-state index in [0.29, 0.717) is 12.0 Å². The zero-order chi connectivity index (χ0) is 15.1. The Morgan fingerprint density at radius 3 is 2.95 bits per heavy atom. The minimum Gasteiger partial charge on any atom is -0.380 e. The molecule has 118 valence electrons. The number of nitrogens with zero attached hydrogens (tertiary/aromatic N) is 2. The van der Waals surface area contributed by atoms with Gasteiger partial charge in [0.05, 0.1) is 11.8 Å². The van der Waals surface area contributed by atoms with Crippen LogP contribution in [0.25, 0.3) is 0 Å². The van der Waals surface area contributed by atoms with Crippen molar-refractivity contribution in [3.63, 3.8) is 0 Å². The van der Waals surface area contributed by atoms with Crippen LogP contribution in [0.3, 0.4) is 0 Å². The van der Waals surface area contributed by atoms with Crippen LogP contribution < -0.4 is 5.32 Å². The molecular weight excluding hydrogens is 262 g/mol. The molecule has 21 heavy (non-hydrogen) atoms. The fraction of sp³-hybridized carbons (Fsp3) is 0.706. The van der Waals surface area contributed by atoms with Gasteiger partial charge >= 0.3 is 0 Å². The third kappa shape index (κ3) is 5.73. The Kier molecular flexibility index (Phi) is 6.61. The maximum Gasteiger partial charge on any atom is 0.0698 e. The summed E-state index contributed by atoms with van der Waals surface area (Å²) >= 11 is 0. The summed E-state index contributed by atoms with van der Waals surface area (Å²) in [6.07, 6.45) is 4.79. The molecule has 0 saturated carbocycles. The van der Waals surface area contributed by atoms with Crippen molar-refractivity contribution in [3.05, 3.63) is 29.6 Å². The van der Waals surface area contributed by atoms with E-state index in [4.69, 9.17) is 4.74 Å². The van der Waals surface area contributed by atoms with Gasteiger partial charge in [-0.1, -0.05) is 19.9 Å². The number of pyridine rings is 1. The molecular formula is C17H29N3O. The van der Waals surface area contributed by atoms with Gasteiger partial charge in [0.1, 0.15) is 0 Å². The van der Waals surface area contributed by atoms with Crippen molar-refractivity contribution in [1.29, 1.82) is 0 Å². The number of hydrogen-bond donors (Lipinski definition) is 1. The molecule has 1 N–H and O–H groups in total. The van der Waals surface area contributed by atoms with Crippen molar-refractivity contribution in [2.75, 3.05) is 26.7 Å². The maximum atomic E-state index is 5.47. The molecule has 0 amide bonds. The lowest BCUT2D eigenvalue weighted by molar-refractivity contribution is 0.0281. The highest BCUT2D eigenvalue weighted by atomic mass is 16.5. The van der Waals surface area contributed by atoms with Gasteiger partial charge in [0, 0.05) is 32.9 Å². The van der Waals surface area contributed by atoms with Crippen LogP contribution in [-0.2, 0) is 17.8 Å². The van der Waals surface area contributed by atoms with Crippen molar-refractivity contribution in [1.82, 2.24) is 15.2 Å². The summed E-state index contributed by atoms with van der Waals surface area (Å²) < 4.78 is 5.47. The normalized spacial score (nSPS) is 20.1. The average molecular weight is 291 g/mol. The lowest BCUT2D eigenvalue weighted by Crippen LogP contribution is -2.38. The zero-order valence-electron chi connectivity index (χ0n) is 13.6. The van der Waals surface area contributed by atoms with E-state index in [1.54, 1.807) is 0 Å². The molecule has 0 radical (unpaired) electrons. The lowest BCUT2D eigenvalue weighted by atomic mass is 10.1. The van der Waals surface area contributed by atoms with Crippen molar-refractivity contribution < 1.29 is 4.74 Å². The molecule has 1 aromatic heterocycles. The third-order valence-electron chi connectivity index (χ3n) is 3.95. The quantitative estimate of drug-likeness (QED) is 0.837. The monoisotopic (exact) mass is 291 g/mol. The summed E-state index contributed by atoms with van der Waals surface area (Å²) in [6, 6.07) is 4.34. The van der Waals surface area contributed by atoms with E-state index in [2.05, 4.69) is 41.2 Å². The zero-order valence-corrected chi connectivity index (χ0v) is 13.6. The van der Waals surface area contributed by atoms with Crippen molar-refractivity contribution in [3.8, 4) is 0 Å². The number of nitrogens with one attached hydrogen (secondary N) is 1. The van der Waals surface area contributed by atoms with Crippen LogP contribution in [0, 0.1) is 5.92 Å². The molecule has 4 heteroatoms. The van der Waals surface area contributed by atoms with Crippen LogP contribution in [0.4, 0.5) is 0 Å². The summed E-state index contributed by atoms with van der Waals surface area (Å²) in [5.41, 5.74) is 2.41. The highest BCUT2D eigenvalue weighted by molar-refractivity contribution is 5.14. The molecule has 1 atom stereocenters. The first-order valence-electron chi connectivity index (χ1n) is 8.07. The number of likely N-dealkylation sites (tertiary alicyclic amines) is 1. The summed E-state index contributed by atoms with van der Waals surface area (Å²) in [7, 11) is 1.81. The second kappa shape index (κ2) is 8.47. The van der Waals surface area contributed by atoms with Crippen molar-refractivity contribution in [2.24, 2.45) is 5.92 Å². The van der Waals surface area contributed by atoms with Crippen LogP contribution in [-0.4, -0.2) is 42.7 Å². The average Bonchev–Trinajstić information content (AvgIpc) is 2.49. The van der Waals surface area contributed by atoms with Gasteiger partial charge in [-0.15, -0.1) is 0 Å². The first kappa shape index (κ1) is 16.4. The molecule has 1 unspecified atom stereocenters. The highest BCUT2D eigenvalue weighted by Gasteiger charge is 2.19. The Morgan fingerprint density at radius 1 is 1.43 bits per heavy atom. The van der Waals surface area contributed by atoms with Gasteiger partial charge in [0.2, 0.25) is 0 Å². The van der Waals surface area contributed by atoms with Gasteiger partial charge < -0.3 is 10.1 Å². The van der Waals surface area contributed by atoms with Crippen LogP contribution in [0.2, 0.25) is 0 Å². The topological polar surface area (TPSA) is 37.4 Å². The molecule has 1 saturated heterocycles. The van der Waals surface area contributed by atoms with E-state index >= 15 is 0 Å². The molecule has 4 nitrogen and oxygen atoms in total. The molecule has 1 aromatic rings. The van der Waals surface area contributed by atoms with E-state index in [9.17, 15) is 0 Å². The predicted octanol–water partition coefficient (Wildman–Crippen LogP) is 2.44. The molecule has 2 heterocycles. The number of hydrogen-bond acceptors (Lipinski definition) is 4. The molecule has 1 fully saturated rings. The van der Waals surface area contributed by atoms with E-state index in [0.717, 1.165) is 38.4 Å². The minimum atomic E-state index is 0.387. The summed E-state index contributed by atoms with van der Waals surface area (Å²) in [6.45, 7) is 9.50. The molecule has 0 spiro atoms. The molecule has 0 aromatic carbocycles. The Balaban J connectivity index is 1.79. The van der Waals surface area contributed by atoms with Crippen LogP contribution >= 0.6 is 0 Å². The lowest BCUT2D eigenvalue weighted by Gasteiger charge is -2.31. The third-order valence-corrected chi connectivity index (χ3v) is 3.95. The number of methoxy groups -OCH3 is 1. The summed E-state index contributed by atoms with van der Waals surface area (Å²) in [4.78, 5) is 7.04. The SMILES string of the molecule is COC1CCCN(Cc2ccc(CNCC(C)C)cn2)C1. The van der Waals surface area contributed by atoms with E-state index in [1.807, 2.05) is 13.3 Å². The van der Waals surface area contributed by atoms with Gasteiger partial charge in [-0.25, -0.2) is 0 Å². The van der Waals surface area contributed by atoms with Crippen molar-refractivity contribution in [2.45, 2.75) is 45.9 Å². The van der Waals surface area contributed by atoms with Crippen LogP contribution in [0.1, 0.15) is 37.9 Å². The molecule has 1 aliphatic rings. The second-order valence-electron chi connectivity index (χ2n) is 6.42. The Bertz CT molecular complexity index is 405. The fourth-order valence-corrected chi connectivity index (χ4v) is 2.74. The number of aromatic nitrogens is 1. The molecule has 0 bridgehead atoms. The van der Waals surface area contributed by atoms with E-state index in [-0.39, 0.29) is 0 Å². The predicted molar refractivity (Wildman–Crippen MR) is 86.1 cm³/mol. The van der Waals surface area contributed by atoms with E-state index in [1.165, 1.54) is 18.4 Å². The first-order chi connectivity index (χ1) is 10.2. The Hall–Kier alpha value is -0.970. The van der Waals surface area contributed by atoms with Gasteiger partial charge in [0.25, 0.3) is 0 Å². The summed E-state index contributed by atoms with van der Waals surface area (Å²) in [5.74, 6) is 0.685. The Labute approximate surface area is 128 Å². The van der Waals surface area contributed by atoms with Crippen LogP contribution in [0.15, 0.2) is 18.3 Å². The second-order valence-corrected chi connectivity index (χ2v) is 6.42. The van der Waals surface area contributed by atoms with Gasteiger partial charge in [-0.05, 0) is 43.5 Å². The smallest absolute Gasteiger partial charge is 0.0698 e. The standard InChI is InChI=1S/C17H29N3O/c1-14(2)9-18-10-15-6-7-16(19-11-15)12-20-8-4-5-17(13-20)21-3/h6-7,11,14,17-18H,4-5,8-10,12-13H2,1-3H3. The highest BCUT2D eigenvalue weighted by Crippen LogP contribution is 2.14. The molecule has 1 aliphatic heterocycles. The Morgan fingerprint density at radius 2 is 2.29 bits per heavy atom. The van der Waals surface area contributed by atoms with Crippen molar-refractivity contribution >= 4 is 0 Å². The maximum absolute atomic E-state index is 5.47. The van der Waals surface area contributed by atoms with Crippen LogP contribution in [0.5, 0.6) is 0 Å².